The molecule has 1 aromatic heterocycles. The molecule has 1 heterocycles. The summed E-state index contributed by atoms with van der Waals surface area (Å²) in [7, 11) is 0. The second-order valence-corrected chi connectivity index (χ2v) is 5.50. The zero-order chi connectivity index (χ0) is 14.5. The standard InChI is InChI=1S/C16H22FN3/c1-12(2)8-18-9-15-10-19-13(3)20(15)11-14-6-4-5-7-16(14)17/h4-7,10,12,18H,8-9,11H2,1-3H3. The van der Waals surface area contributed by atoms with Crippen molar-refractivity contribution in [3.05, 3.63) is 53.4 Å². The Kier molecular flexibility index (Phi) is 4.90. The summed E-state index contributed by atoms with van der Waals surface area (Å²) in [6, 6.07) is 6.89. The van der Waals surface area contributed by atoms with Crippen molar-refractivity contribution in [1.29, 1.82) is 0 Å². The van der Waals surface area contributed by atoms with Crippen LogP contribution in [-0.4, -0.2) is 16.1 Å². The van der Waals surface area contributed by atoms with E-state index in [0.29, 0.717) is 18.0 Å². The Bertz CT molecular complexity index is 561. The molecule has 0 bridgehead atoms. The summed E-state index contributed by atoms with van der Waals surface area (Å²) in [6.07, 6.45) is 1.86. The van der Waals surface area contributed by atoms with Gasteiger partial charge in [0.15, 0.2) is 0 Å². The molecular formula is C16H22FN3. The third-order valence-electron chi connectivity index (χ3n) is 3.28. The molecule has 3 nitrogen and oxygen atoms in total. The molecule has 0 amide bonds. The largest absolute Gasteiger partial charge is 0.326 e. The highest BCUT2D eigenvalue weighted by atomic mass is 19.1. The molecule has 0 spiro atoms. The van der Waals surface area contributed by atoms with Gasteiger partial charge in [0, 0.05) is 18.3 Å². The van der Waals surface area contributed by atoms with Gasteiger partial charge in [0.1, 0.15) is 11.6 Å². The average Bonchev–Trinajstić information content (AvgIpc) is 2.74. The molecule has 1 N–H and O–H groups in total. The number of hydrogen-bond donors (Lipinski definition) is 1. The van der Waals surface area contributed by atoms with Crippen LogP contribution in [0, 0.1) is 18.7 Å². The van der Waals surface area contributed by atoms with Crippen molar-refractivity contribution in [3.63, 3.8) is 0 Å². The first-order chi connectivity index (χ1) is 9.58. The van der Waals surface area contributed by atoms with E-state index in [1.54, 1.807) is 6.07 Å². The van der Waals surface area contributed by atoms with Crippen LogP contribution in [0.4, 0.5) is 4.39 Å². The first-order valence-corrected chi connectivity index (χ1v) is 7.03. The summed E-state index contributed by atoms with van der Waals surface area (Å²) < 4.78 is 15.8. The SMILES string of the molecule is Cc1ncc(CNCC(C)C)n1Cc1ccccc1F. The first kappa shape index (κ1) is 14.7. The number of nitrogens with one attached hydrogen (secondary N) is 1. The van der Waals surface area contributed by atoms with Crippen LogP contribution in [0.1, 0.15) is 30.9 Å². The van der Waals surface area contributed by atoms with Gasteiger partial charge in [-0.25, -0.2) is 9.37 Å². The number of rotatable bonds is 6. The smallest absolute Gasteiger partial charge is 0.128 e. The molecule has 0 atom stereocenters. The Morgan fingerprint density at radius 1 is 1.30 bits per heavy atom. The lowest BCUT2D eigenvalue weighted by molar-refractivity contribution is 0.534. The van der Waals surface area contributed by atoms with Crippen molar-refractivity contribution in [2.75, 3.05) is 6.54 Å². The first-order valence-electron chi connectivity index (χ1n) is 7.03. The summed E-state index contributed by atoms with van der Waals surface area (Å²) in [4.78, 5) is 4.34. The van der Waals surface area contributed by atoms with Gasteiger partial charge in [0.25, 0.3) is 0 Å². The van der Waals surface area contributed by atoms with Crippen LogP contribution in [0.5, 0.6) is 0 Å². The maximum atomic E-state index is 13.8. The van der Waals surface area contributed by atoms with Crippen molar-refractivity contribution in [1.82, 2.24) is 14.9 Å². The molecule has 0 saturated carbocycles. The normalized spacial score (nSPS) is 11.2. The summed E-state index contributed by atoms with van der Waals surface area (Å²) in [5.74, 6) is 1.36. The van der Waals surface area contributed by atoms with Gasteiger partial charge in [-0.2, -0.15) is 0 Å². The van der Waals surface area contributed by atoms with Crippen LogP contribution in [0.2, 0.25) is 0 Å². The second-order valence-electron chi connectivity index (χ2n) is 5.50. The molecule has 2 aromatic rings. The molecule has 1 aromatic carbocycles. The van der Waals surface area contributed by atoms with Gasteiger partial charge in [-0.15, -0.1) is 0 Å². The van der Waals surface area contributed by atoms with Crippen molar-refractivity contribution < 1.29 is 4.39 Å². The molecule has 108 valence electrons. The zero-order valence-corrected chi connectivity index (χ0v) is 12.4. The molecule has 20 heavy (non-hydrogen) atoms. The quantitative estimate of drug-likeness (QED) is 0.878. The van der Waals surface area contributed by atoms with E-state index in [-0.39, 0.29) is 5.82 Å². The predicted molar refractivity (Wildman–Crippen MR) is 79.0 cm³/mol. The van der Waals surface area contributed by atoms with Crippen LogP contribution < -0.4 is 5.32 Å². The van der Waals surface area contributed by atoms with Crippen LogP contribution in [0.25, 0.3) is 0 Å². The number of hydrogen-bond acceptors (Lipinski definition) is 2. The van der Waals surface area contributed by atoms with Gasteiger partial charge in [0.05, 0.1) is 12.2 Å². The minimum atomic E-state index is -0.165. The van der Waals surface area contributed by atoms with Crippen LogP contribution in [0.15, 0.2) is 30.5 Å². The lowest BCUT2D eigenvalue weighted by Crippen LogP contribution is -2.21. The molecule has 4 heteroatoms. The third-order valence-corrected chi connectivity index (χ3v) is 3.28. The number of benzene rings is 1. The summed E-state index contributed by atoms with van der Waals surface area (Å²) >= 11 is 0. The zero-order valence-electron chi connectivity index (χ0n) is 12.4. The van der Waals surface area contributed by atoms with Crippen molar-refractivity contribution >= 4 is 0 Å². The number of imidazole rings is 1. The fourth-order valence-electron chi connectivity index (χ4n) is 2.16. The van der Waals surface area contributed by atoms with E-state index in [0.717, 1.165) is 24.6 Å². The highest BCUT2D eigenvalue weighted by Gasteiger charge is 2.09. The Labute approximate surface area is 119 Å². The average molecular weight is 275 g/mol. The molecule has 0 saturated heterocycles. The molecule has 2 rings (SSSR count). The van der Waals surface area contributed by atoms with Gasteiger partial charge in [0.2, 0.25) is 0 Å². The van der Waals surface area contributed by atoms with Gasteiger partial charge in [-0.3, -0.25) is 0 Å². The Hall–Kier alpha value is -1.68. The second kappa shape index (κ2) is 6.66. The summed E-state index contributed by atoms with van der Waals surface area (Å²) in [5, 5.41) is 3.40. The Morgan fingerprint density at radius 3 is 2.75 bits per heavy atom. The minimum Gasteiger partial charge on any atom is -0.326 e. The highest BCUT2D eigenvalue weighted by molar-refractivity contribution is 5.19. The molecular weight excluding hydrogens is 253 g/mol. The fourth-order valence-corrected chi connectivity index (χ4v) is 2.16. The topological polar surface area (TPSA) is 29.9 Å². The summed E-state index contributed by atoms with van der Waals surface area (Å²) in [6.45, 7) is 8.55. The molecule has 0 aliphatic rings. The van der Waals surface area contributed by atoms with E-state index in [1.807, 2.05) is 25.3 Å². The minimum absolute atomic E-state index is 0.165. The highest BCUT2D eigenvalue weighted by Crippen LogP contribution is 2.12. The number of nitrogens with zero attached hydrogens (tertiary/aromatic N) is 2. The van der Waals surface area contributed by atoms with Gasteiger partial charge in [-0.05, 0) is 25.5 Å². The van der Waals surface area contributed by atoms with E-state index in [2.05, 4.69) is 28.7 Å². The Balaban J connectivity index is 2.11. The Morgan fingerprint density at radius 2 is 2.05 bits per heavy atom. The number of halogens is 1. The van der Waals surface area contributed by atoms with E-state index in [9.17, 15) is 4.39 Å². The third kappa shape index (κ3) is 3.67. The molecule has 0 unspecified atom stereocenters. The van der Waals surface area contributed by atoms with E-state index < -0.39 is 0 Å². The molecule has 0 aliphatic heterocycles. The number of aromatic nitrogens is 2. The van der Waals surface area contributed by atoms with Gasteiger partial charge < -0.3 is 9.88 Å². The summed E-state index contributed by atoms with van der Waals surface area (Å²) in [5.41, 5.74) is 1.78. The lowest BCUT2D eigenvalue weighted by atomic mass is 10.2. The molecule has 0 aliphatic carbocycles. The number of aryl methyl sites for hydroxylation is 1. The van der Waals surface area contributed by atoms with Crippen LogP contribution in [-0.2, 0) is 13.1 Å². The van der Waals surface area contributed by atoms with Crippen LogP contribution in [0.3, 0.4) is 0 Å². The van der Waals surface area contributed by atoms with Crippen molar-refractivity contribution in [3.8, 4) is 0 Å². The maximum absolute atomic E-state index is 13.8. The molecule has 0 fully saturated rings. The monoisotopic (exact) mass is 275 g/mol. The fraction of sp³-hybridized carbons (Fsp3) is 0.438. The lowest BCUT2D eigenvalue weighted by Gasteiger charge is -2.12. The molecule has 0 radical (unpaired) electrons. The van der Waals surface area contributed by atoms with E-state index in [4.69, 9.17) is 0 Å². The van der Waals surface area contributed by atoms with E-state index in [1.165, 1.54) is 6.07 Å². The van der Waals surface area contributed by atoms with E-state index >= 15 is 0 Å². The van der Waals surface area contributed by atoms with Crippen molar-refractivity contribution in [2.24, 2.45) is 5.92 Å². The van der Waals surface area contributed by atoms with Gasteiger partial charge >= 0.3 is 0 Å². The van der Waals surface area contributed by atoms with Crippen molar-refractivity contribution in [2.45, 2.75) is 33.9 Å². The predicted octanol–water partition coefficient (Wildman–Crippen LogP) is 3.12. The maximum Gasteiger partial charge on any atom is 0.128 e. The van der Waals surface area contributed by atoms with Gasteiger partial charge in [-0.1, -0.05) is 32.0 Å². The van der Waals surface area contributed by atoms with Crippen LogP contribution >= 0.6 is 0 Å².